The van der Waals surface area contributed by atoms with Crippen LogP contribution in [0, 0.1) is 3.57 Å². The van der Waals surface area contributed by atoms with Crippen LogP contribution >= 0.6 is 22.6 Å². The number of nitrogens with one attached hydrogen (secondary N) is 1. The number of fused-ring (bicyclic) bond motifs is 1. The molecule has 84 valence electrons. The van der Waals surface area contributed by atoms with Crippen molar-refractivity contribution < 1.29 is 4.79 Å². The van der Waals surface area contributed by atoms with E-state index in [9.17, 15) is 4.79 Å². The number of carbonyl (C=O) groups is 1. The molecule has 0 bridgehead atoms. The summed E-state index contributed by atoms with van der Waals surface area (Å²) in [6.07, 6.45) is 5.66. The average molecular weight is 336 g/mol. The molecule has 1 amide bonds. The van der Waals surface area contributed by atoms with Crippen molar-refractivity contribution in [3.63, 3.8) is 0 Å². The highest BCUT2D eigenvalue weighted by Gasteiger charge is 2.24. The average Bonchev–Trinajstić information content (AvgIpc) is 2.90. The topological polar surface area (TPSA) is 34.0 Å². The summed E-state index contributed by atoms with van der Waals surface area (Å²) in [6, 6.07) is 9.80. The van der Waals surface area contributed by atoms with E-state index in [4.69, 9.17) is 0 Å². The Balaban J connectivity index is 2.13. The van der Waals surface area contributed by atoms with Gasteiger partial charge in [-0.15, -0.1) is 0 Å². The van der Waals surface area contributed by atoms with Gasteiger partial charge in [-0.3, -0.25) is 4.79 Å². The SMILES string of the molecule is O=C1Nc2ccc(I)cc2C1=Cn1cccc1. The first kappa shape index (κ1) is 10.6. The third kappa shape index (κ3) is 1.88. The van der Waals surface area contributed by atoms with Crippen molar-refractivity contribution in [2.45, 2.75) is 0 Å². The second kappa shape index (κ2) is 4.03. The number of benzene rings is 1. The molecule has 2 aromatic rings. The molecule has 0 fully saturated rings. The number of halogens is 1. The fraction of sp³-hybridized carbons (Fsp3) is 0. The van der Waals surface area contributed by atoms with Crippen molar-refractivity contribution >= 4 is 46.0 Å². The van der Waals surface area contributed by atoms with E-state index in [-0.39, 0.29) is 5.91 Å². The Morgan fingerprint density at radius 2 is 2.00 bits per heavy atom. The van der Waals surface area contributed by atoms with Crippen molar-refractivity contribution in [3.05, 3.63) is 51.9 Å². The van der Waals surface area contributed by atoms with E-state index in [1.54, 1.807) is 0 Å². The van der Waals surface area contributed by atoms with Gasteiger partial charge in [0.1, 0.15) is 0 Å². The van der Waals surface area contributed by atoms with E-state index in [1.807, 2.05) is 53.5 Å². The van der Waals surface area contributed by atoms with Crippen LogP contribution in [0.15, 0.2) is 42.7 Å². The van der Waals surface area contributed by atoms with Gasteiger partial charge >= 0.3 is 0 Å². The number of amides is 1. The van der Waals surface area contributed by atoms with Gasteiger partial charge in [0.15, 0.2) is 0 Å². The van der Waals surface area contributed by atoms with Gasteiger partial charge in [0, 0.05) is 33.4 Å². The molecule has 1 aromatic heterocycles. The minimum Gasteiger partial charge on any atom is -0.330 e. The maximum absolute atomic E-state index is 11.9. The lowest BCUT2D eigenvalue weighted by Crippen LogP contribution is -2.04. The summed E-state index contributed by atoms with van der Waals surface area (Å²) in [6.45, 7) is 0. The highest BCUT2D eigenvalue weighted by atomic mass is 127. The van der Waals surface area contributed by atoms with Crippen LogP contribution in [0.5, 0.6) is 0 Å². The molecular weight excluding hydrogens is 327 g/mol. The fourth-order valence-electron chi connectivity index (χ4n) is 1.87. The highest BCUT2D eigenvalue weighted by molar-refractivity contribution is 14.1. The molecule has 17 heavy (non-hydrogen) atoms. The van der Waals surface area contributed by atoms with Crippen LogP contribution < -0.4 is 5.32 Å². The number of aromatic nitrogens is 1. The molecule has 0 spiro atoms. The van der Waals surface area contributed by atoms with Gasteiger partial charge in [0.25, 0.3) is 5.91 Å². The molecular formula is C13H9IN2O. The standard InChI is InChI=1S/C13H9IN2O/c14-9-3-4-12-10(7-9)11(13(17)15-12)8-16-5-1-2-6-16/h1-8H,(H,15,17). The molecule has 4 heteroatoms. The molecule has 1 N–H and O–H groups in total. The molecule has 0 radical (unpaired) electrons. The first-order valence-electron chi connectivity index (χ1n) is 5.19. The van der Waals surface area contributed by atoms with Gasteiger partial charge in [0.05, 0.1) is 5.57 Å². The number of hydrogen-bond donors (Lipinski definition) is 1. The summed E-state index contributed by atoms with van der Waals surface area (Å²) < 4.78 is 3.00. The lowest BCUT2D eigenvalue weighted by Gasteiger charge is -1.99. The second-order valence-electron chi connectivity index (χ2n) is 3.82. The molecule has 0 atom stereocenters. The minimum atomic E-state index is -0.0456. The summed E-state index contributed by atoms with van der Waals surface area (Å²) in [5.41, 5.74) is 2.55. The molecule has 3 rings (SSSR count). The monoisotopic (exact) mass is 336 g/mol. The Hall–Kier alpha value is -1.56. The van der Waals surface area contributed by atoms with Crippen molar-refractivity contribution in [1.82, 2.24) is 4.57 Å². The van der Waals surface area contributed by atoms with Gasteiger partial charge in [-0.2, -0.15) is 0 Å². The normalized spacial score (nSPS) is 16.1. The third-order valence-corrected chi connectivity index (χ3v) is 3.34. The number of rotatable bonds is 1. The van der Waals surface area contributed by atoms with Crippen molar-refractivity contribution in [2.75, 3.05) is 5.32 Å². The zero-order valence-corrected chi connectivity index (χ0v) is 11.0. The zero-order valence-electron chi connectivity index (χ0n) is 8.85. The van der Waals surface area contributed by atoms with Crippen molar-refractivity contribution in [2.24, 2.45) is 0 Å². The molecule has 0 aliphatic carbocycles. The predicted octanol–water partition coefficient (Wildman–Crippen LogP) is 3.04. The van der Waals surface area contributed by atoms with Crippen LogP contribution in [0.3, 0.4) is 0 Å². The molecule has 1 aliphatic heterocycles. The van der Waals surface area contributed by atoms with E-state index < -0.39 is 0 Å². The van der Waals surface area contributed by atoms with Gasteiger partial charge in [-0.05, 0) is 52.9 Å². The maximum atomic E-state index is 11.9. The largest absolute Gasteiger partial charge is 0.330 e. The predicted molar refractivity (Wildman–Crippen MR) is 76.4 cm³/mol. The van der Waals surface area contributed by atoms with Crippen LogP contribution in [0.2, 0.25) is 0 Å². The Kier molecular flexibility index (Phi) is 2.51. The highest BCUT2D eigenvalue weighted by Crippen LogP contribution is 2.33. The van der Waals surface area contributed by atoms with Crippen LogP contribution in [0.25, 0.3) is 11.8 Å². The fourth-order valence-corrected chi connectivity index (χ4v) is 2.36. The summed E-state index contributed by atoms with van der Waals surface area (Å²) in [7, 11) is 0. The molecule has 0 saturated heterocycles. The first-order valence-corrected chi connectivity index (χ1v) is 6.27. The van der Waals surface area contributed by atoms with Crippen LogP contribution in [-0.4, -0.2) is 10.5 Å². The lowest BCUT2D eigenvalue weighted by atomic mass is 10.1. The van der Waals surface area contributed by atoms with Crippen molar-refractivity contribution in [3.8, 4) is 0 Å². The second-order valence-corrected chi connectivity index (χ2v) is 5.06. The molecule has 2 heterocycles. The number of anilines is 1. The first-order chi connectivity index (χ1) is 8.24. The summed E-state index contributed by atoms with van der Waals surface area (Å²) in [5, 5.41) is 2.86. The van der Waals surface area contributed by atoms with E-state index in [1.165, 1.54) is 0 Å². The van der Waals surface area contributed by atoms with Crippen LogP contribution in [-0.2, 0) is 4.79 Å². The van der Waals surface area contributed by atoms with Gasteiger partial charge in [-0.25, -0.2) is 0 Å². The van der Waals surface area contributed by atoms with E-state index in [2.05, 4.69) is 27.9 Å². The minimum absolute atomic E-state index is 0.0456. The summed E-state index contributed by atoms with van der Waals surface area (Å²) in [5.74, 6) is -0.0456. The van der Waals surface area contributed by atoms with E-state index in [0.29, 0.717) is 5.57 Å². The molecule has 0 saturated carbocycles. The van der Waals surface area contributed by atoms with Crippen molar-refractivity contribution in [1.29, 1.82) is 0 Å². The van der Waals surface area contributed by atoms with Gasteiger partial charge in [-0.1, -0.05) is 0 Å². The van der Waals surface area contributed by atoms with Crippen LogP contribution in [0.1, 0.15) is 5.56 Å². The molecule has 3 nitrogen and oxygen atoms in total. The summed E-state index contributed by atoms with van der Waals surface area (Å²) >= 11 is 2.25. The molecule has 1 aliphatic rings. The quantitative estimate of drug-likeness (QED) is 0.630. The number of hydrogen-bond acceptors (Lipinski definition) is 1. The number of carbonyl (C=O) groups excluding carboxylic acids is 1. The third-order valence-electron chi connectivity index (χ3n) is 2.67. The van der Waals surface area contributed by atoms with Gasteiger partial charge < -0.3 is 9.88 Å². The van der Waals surface area contributed by atoms with Crippen LogP contribution in [0.4, 0.5) is 5.69 Å². The van der Waals surface area contributed by atoms with E-state index >= 15 is 0 Å². The lowest BCUT2D eigenvalue weighted by molar-refractivity contribution is -0.110. The smallest absolute Gasteiger partial charge is 0.257 e. The Bertz CT molecular complexity index is 614. The number of nitrogens with zero attached hydrogens (tertiary/aromatic N) is 1. The molecule has 0 unspecified atom stereocenters. The Morgan fingerprint density at radius 3 is 2.76 bits per heavy atom. The Labute approximate surface area is 112 Å². The molecule has 1 aromatic carbocycles. The van der Waals surface area contributed by atoms with E-state index in [0.717, 1.165) is 14.8 Å². The Morgan fingerprint density at radius 1 is 1.24 bits per heavy atom. The zero-order chi connectivity index (χ0) is 11.8. The summed E-state index contributed by atoms with van der Waals surface area (Å²) in [4.78, 5) is 11.9. The maximum Gasteiger partial charge on any atom is 0.257 e. The van der Waals surface area contributed by atoms with Gasteiger partial charge in [0.2, 0.25) is 0 Å².